The van der Waals surface area contributed by atoms with Gasteiger partial charge in [0.05, 0.1) is 0 Å². The average Bonchev–Trinajstić information content (AvgIpc) is 2.35. The second-order valence-corrected chi connectivity index (χ2v) is 5.17. The Morgan fingerprint density at radius 1 is 1.47 bits per heavy atom. The van der Waals surface area contributed by atoms with Crippen LogP contribution in [0.1, 0.15) is 25.6 Å². The Morgan fingerprint density at radius 3 is 2.71 bits per heavy atom. The van der Waals surface area contributed by atoms with E-state index in [0.29, 0.717) is 5.82 Å². The predicted molar refractivity (Wildman–Crippen MR) is 75.6 cm³/mol. The summed E-state index contributed by atoms with van der Waals surface area (Å²) < 4.78 is 0. The number of nitrogens with two attached hydrogens (primary N) is 1. The van der Waals surface area contributed by atoms with Crippen LogP contribution in [-0.2, 0) is 0 Å². The Kier molecular flexibility index (Phi) is 5.50. The summed E-state index contributed by atoms with van der Waals surface area (Å²) in [4.78, 5) is 11.0. The fraction of sp³-hybridized carbons (Fsp3) is 0.636. The molecule has 0 aromatic carbocycles. The molecule has 5 nitrogen and oxygen atoms in total. The minimum absolute atomic E-state index is 0.288. The van der Waals surface area contributed by atoms with Crippen molar-refractivity contribution >= 4 is 23.4 Å². The van der Waals surface area contributed by atoms with Gasteiger partial charge in [-0.05, 0) is 6.26 Å². The molecule has 0 aliphatic heterocycles. The van der Waals surface area contributed by atoms with Crippen molar-refractivity contribution in [3.8, 4) is 0 Å². The lowest BCUT2D eigenvalue weighted by Gasteiger charge is -2.19. The summed E-state index contributed by atoms with van der Waals surface area (Å²) >= 11 is 1.82. The topological polar surface area (TPSA) is 67.1 Å². The zero-order valence-electron chi connectivity index (χ0n) is 10.9. The number of nitrogens with zero attached hydrogens (tertiary/aromatic N) is 3. The van der Waals surface area contributed by atoms with Crippen LogP contribution in [0.2, 0.25) is 0 Å². The third-order valence-electron chi connectivity index (χ3n) is 2.42. The normalized spacial score (nSPS) is 10.7. The number of thioether (sulfide) groups is 1. The summed E-state index contributed by atoms with van der Waals surface area (Å²) in [7, 11) is 2.03. The number of anilines is 2. The van der Waals surface area contributed by atoms with Gasteiger partial charge in [-0.1, -0.05) is 13.8 Å². The van der Waals surface area contributed by atoms with Gasteiger partial charge in [-0.2, -0.15) is 11.8 Å². The van der Waals surface area contributed by atoms with Gasteiger partial charge >= 0.3 is 0 Å². The molecule has 0 bridgehead atoms. The number of nitrogen functional groups attached to an aromatic ring is 1. The molecule has 3 N–H and O–H groups in total. The van der Waals surface area contributed by atoms with Crippen molar-refractivity contribution in [1.82, 2.24) is 9.97 Å². The predicted octanol–water partition coefficient (Wildman–Crippen LogP) is 1.68. The summed E-state index contributed by atoms with van der Waals surface area (Å²) in [5, 5.41) is 0. The number of aromatic nitrogens is 2. The highest BCUT2D eigenvalue weighted by Crippen LogP contribution is 2.18. The standard InChI is InChI=1S/C11H21N5S/c1-8(2)11-13-9(15-12)7-10(14-11)16(3)5-6-17-4/h7-8H,5-6,12H2,1-4H3,(H,13,14,15). The van der Waals surface area contributed by atoms with E-state index >= 15 is 0 Å². The van der Waals surface area contributed by atoms with E-state index in [0.717, 1.165) is 23.9 Å². The Hall–Kier alpha value is -1.01. The molecule has 96 valence electrons. The van der Waals surface area contributed by atoms with E-state index in [-0.39, 0.29) is 5.92 Å². The van der Waals surface area contributed by atoms with Gasteiger partial charge in [0.1, 0.15) is 17.5 Å². The van der Waals surface area contributed by atoms with E-state index in [1.54, 1.807) is 0 Å². The van der Waals surface area contributed by atoms with Crippen molar-refractivity contribution in [3.63, 3.8) is 0 Å². The average molecular weight is 255 g/mol. The number of hydrogen-bond acceptors (Lipinski definition) is 6. The van der Waals surface area contributed by atoms with Crippen molar-refractivity contribution in [2.24, 2.45) is 5.84 Å². The molecule has 0 atom stereocenters. The molecule has 1 heterocycles. The van der Waals surface area contributed by atoms with Crippen LogP contribution < -0.4 is 16.2 Å². The first-order chi connectivity index (χ1) is 8.08. The first-order valence-corrected chi connectivity index (χ1v) is 7.03. The van der Waals surface area contributed by atoms with E-state index in [4.69, 9.17) is 5.84 Å². The second kappa shape index (κ2) is 6.66. The highest BCUT2D eigenvalue weighted by Gasteiger charge is 2.10. The molecule has 0 unspecified atom stereocenters. The Morgan fingerprint density at radius 2 is 2.18 bits per heavy atom. The first kappa shape index (κ1) is 14.1. The van der Waals surface area contributed by atoms with Gasteiger partial charge < -0.3 is 10.3 Å². The lowest BCUT2D eigenvalue weighted by atomic mass is 10.2. The summed E-state index contributed by atoms with van der Waals surface area (Å²) in [6, 6.07) is 1.87. The van der Waals surface area contributed by atoms with Crippen molar-refractivity contribution < 1.29 is 0 Å². The molecule has 0 aliphatic carbocycles. The Balaban J connectivity index is 2.93. The van der Waals surface area contributed by atoms with Crippen LogP contribution in [-0.4, -0.2) is 35.6 Å². The van der Waals surface area contributed by atoms with E-state index in [1.807, 2.05) is 24.9 Å². The van der Waals surface area contributed by atoms with Gasteiger partial charge in [-0.25, -0.2) is 15.8 Å². The van der Waals surface area contributed by atoms with Gasteiger partial charge in [0.2, 0.25) is 0 Å². The van der Waals surface area contributed by atoms with Gasteiger partial charge in [-0.3, -0.25) is 0 Å². The quantitative estimate of drug-likeness (QED) is 0.595. The van der Waals surface area contributed by atoms with Crippen molar-refractivity contribution in [2.75, 3.05) is 35.9 Å². The molecule has 0 saturated carbocycles. The van der Waals surface area contributed by atoms with Crippen LogP contribution in [0, 0.1) is 0 Å². The molecule has 0 aliphatic rings. The Labute approximate surface area is 107 Å². The molecule has 0 fully saturated rings. The number of nitrogens with one attached hydrogen (secondary N) is 1. The minimum atomic E-state index is 0.288. The third-order valence-corrected chi connectivity index (χ3v) is 3.01. The van der Waals surface area contributed by atoms with E-state index in [2.05, 4.69) is 40.4 Å². The fourth-order valence-electron chi connectivity index (χ4n) is 1.32. The maximum absolute atomic E-state index is 5.43. The fourth-order valence-corrected chi connectivity index (χ4v) is 1.78. The van der Waals surface area contributed by atoms with Crippen LogP contribution in [0.4, 0.5) is 11.6 Å². The van der Waals surface area contributed by atoms with Crippen molar-refractivity contribution in [1.29, 1.82) is 0 Å². The van der Waals surface area contributed by atoms with Crippen LogP contribution in [0.25, 0.3) is 0 Å². The highest BCUT2D eigenvalue weighted by molar-refractivity contribution is 7.98. The zero-order chi connectivity index (χ0) is 12.8. The number of hydrogen-bond donors (Lipinski definition) is 2. The smallest absolute Gasteiger partial charge is 0.145 e. The lowest BCUT2D eigenvalue weighted by molar-refractivity contribution is 0.767. The molecule has 1 rings (SSSR count). The molecular weight excluding hydrogens is 234 g/mol. The molecule has 1 aromatic rings. The molecular formula is C11H21N5S. The van der Waals surface area contributed by atoms with Crippen molar-refractivity contribution in [3.05, 3.63) is 11.9 Å². The summed E-state index contributed by atoms with van der Waals surface area (Å²) in [5.74, 6) is 9.17. The Bertz CT molecular complexity index is 356. The maximum atomic E-state index is 5.43. The number of hydrazine groups is 1. The van der Waals surface area contributed by atoms with Gasteiger partial charge in [0, 0.05) is 31.3 Å². The van der Waals surface area contributed by atoms with E-state index in [1.165, 1.54) is 0 Å². The monoisotopic (exact) mass is 255 g/mol. The molecule has 0 amide bonds. The molecule has 6 heteroatoms. The van der Waals surface area contributed by atoms with Gasteiger partial charge in [0.15, 0.2) is 0 Å². The second-order valence-electron chi connectivity index (χ2n) is 4.18. The highest BCUT2D eigenvalue weighted by atomic mass is 32.2. The van der Waals surface area contributed by atoms with Gasteiger partial charge in [0.25, 0.3) is 0 Å². The zero-order valence-corrected chi connectivity index (χ0v) is 11.7. The SMILES string of the molecule is CSCCN(C)c1cc(NN)nc(C(C)C)n1. The van der Waals surface area contributed by atoms with E-state index in [9.17, 15) is 0 Å². The summed E-state index contributed by atoms with van der Waals surface area (Å²) in [5.41, 5.74) is 2.59. The van der Waals surface area contributed by atoms with Crippen LogP contribution in [0.5, 0.6) is 0 Å². The third kappa shape index (κ3) is 4.05. The maximum Gasteiger partial charge on any atom is 0.145 e. The van der Waals surface area contributed by atoms with Crippen LogP contribution in [0.15, 0.2) is 6.07 Å². The lowest BCUT2D eigenvalue weighted by Crippen LogP contribution is -2.23. The van der Waals surface area contributed by atoms with Crippen molar-refractivity contribution in [2.45, 2.75) is 19.8 Å². The largest absolute Gasteiger partial charge is 0.359 e. The molecule has 17 heavy (non-hydrogen) atoms. The first-order valence-electron chi connectivity index (χ1n) is 5.64. The molecule has 0 saturated heterocycles. The molecule has 1 aromatic heterocycles. The molecule has 0 radical (unpaired) electrons. The number of rotatable bonds is 6. The summed E-state index contributed by atoms with van der Waals surface area (Å²) in [6.45, 7) is 5.10. The minimum Gasteiger partial charge on any atom is -0.359 e. The van der Waals surface area contributed by atoms with E-state index < -0.39 is 0 Å². The summed E-state index contributed by atoms with van der Waals surface area (Å²) in [6.07, 6.45) is 2.10. The van der Waals surface area contributed by atoms with Gasteiger partial charge in [-0.15, -0.1) is 0 Å². The van der Waals surface area contributed by atoms with Crippen LogP contribution >= 0.6 is 11.8 Å². The van der Waals surface area contributed by atoms with Crippen LogP contribution in [0.3, 0.4) is 0 Å². The molecule has 0 spiro atoms.